The topological polar surface area (TPSA) is 61.8 Å². The van der Waals surface area contributed by atoms with Crippen molar-refractivity contribution >= 4 is 5.91 Å². The Kier molecular flexibility index (Phi) is 5.18. The second-order valence-electron chi connectivity index (χ2n) is 4.35. The number of nitrogens with zero attached hydrogens (tertiary/aromatic N) is 1. The molecule has 0 aromatic carbocycles. The van der Waals surface area contributed by atoms with Crippen molar-refractivity contribution in [2.75, 3.05) is 39.9 Å². The van der Waals surface area contributed by atoms with Crippen LogP contribution in [0.1, 0.15) is 19.8 Å². The van der Waals surface area contributed by atoms with Crippen LogP contribution in [0.3, 0.4) is 0 Å². The number of ether oxygens (including phenoxy) is 1. The molecule has 0 bridgehead atoms. The van der Waals surface area contributed by atoms with E-state index < -0.39 is 5.60 Å². The number of β-amino-alcohol motifs (C(OH)–C–C–N with tert-alkyl or cyclic N) is 1. The van der Waals surface area contributed by atoms with Gasteiger partial charge in [-0.2, -0.15) is 0 Å². The highest BCUT2D eigenvalue weighted by atomic mass is 16.5. The summed E-state index contributed by atoms with van der Waals surface area (Å²) in [6, 6.07) is 0. The number of carbonyl (C=O) groups excluding carboxylic acids is 1. The van der Waals surface area contributed by atoms with E-state index in [-0.39, 0.29) is 5.91 Å². The molecule has 0 spiro atoms. The molecule has 1 atom stereocenters. The van der Waals surface area contributed by atoms with Gasteiger partial charge in [0, 0.05) is 20.2 Å². The van der Waals surface area contributed by atoms with Gasteiger partial charge in [-0.25, -0.2) is 0 Å². The maximum absolute atomic E-state index is 11.7. The molecule has 0 aromatic rings. The Balaban J connectivity index is 2.27. The predicted molar refractivity (Wildman–Crippen MR) is 61.2 cm³/mol. The molecule has 1 amide bonds. The van der Waals surface area contributed by atoms with Crippen LogP contribution in [0.2, 0.25) is 0 Å². The number of aliphatic hydroxyl groups is 1. The SMILES string of the molecule is CCOCCC(=O)N(C)CC1(O)CCNC1. The zero-order chi connectivity index (χ0) is 12.0. The van der Waals surface area contributed by atoms with Gasteiger partial charge in [-0.3, -0.25) is 4.79 Å². The van der Waals surface area contributed by atoms with Crippen molar-refractivity contribution in [3.05, 3.63) is 0 Å². The Morgan fingerprint density at radius 1 is 1.62 bits per heavy atom. The van der Waals surface area contributed by atoms with Gasteiger partial charge in [0.15, 0.2) is 0 Å². The normalized spacial score (nSPS) is 24.7. The molecule has 5 nitrogen and oxygen atoms in total. The van der Waals surface area contributed by atoms with Gasteiger partial charge in [0.2, 0.25) is 5.91 Å². The molecule has 0 aliphatic carbocycles. The van der Waals surface area contributed by atoms with Gasteiger partial charge >= 0.3 is 0 Å². The van der Waals surface area contributed by atoms with Gasteiger partial charge in [0.1, 0.15) is 0 Å². The van der Waals surface area contributed by atoms with Gasteiger partial charge in [-0.05, 0) is 19.9 Å². The van der Waals surface area contributed by atoms with E-state index in [0.29, 0.717) is 39.1 Å². The van der Waals surface area contributed by atoms with Gasteiger partial charge in [0.05, 0.1) is 25.2 Å². The summed E-state index contributed by atoms with van der Waals surface area (Å²) in [7, 11) is 1.73. The van der Waals surface area contributed by atoms with Crippen LogP contribution in [0, 0.1) is 0 Å². The third-order valence-corrected chi connectivity index (χ3v) is 2.84. The van der Waals surface area contributed by atoms with E-state index in [2.05, 4.69) is 5.32 Å². The van der Waals surface area contributed by atoms with E-state index >= 15 is 0 Å². The first-order chi connectivity index (χ1) is 7.57. The second-order valence-corrected chi connectivity index (χ2v) is 4.35. The lowest BCUT2D eigenvalue weighted by atomic mass is 10.0. The quantitative estimate of drug-likeness (QED) is 0.609. The molecule has 1 aliphatic heterocycles. The van der Waals surface area contributed by atoms with E-state index in [0.717, 1.165) is 6.54 Å². The molecule has 1 heterocycles. The van der Waals surface area contributed by atoms with Crippen LogP contribution >= 0.6 is 0 Å². The summed E-state index contributed by atoms with van der Waals surface area (Å²) in [5.74, 6) is 0.0220. The fourth-order valence-corrected chi connectivity index (χ4v) is 1.89. The van der Waals surface area contributed by atoms with Gasteiger partial charge in [-0.1, -0.05) is 0 Å². The average Bonchev–Trinajstić information content (AvgIpc) is 2.65. The van der Waals surface area contributed by atoms with Crippen molar-refractivity contribution in [3.8, 4) is 0 Å². The summed E-state index contributed by atoms with van der Waals surface area (Å²) >= 11 is 0. The van der Waals surface area contributed by atoms with E-state index in [9.17, 15) is 9.90 Å². The van der Waals surface area contributed by atoms with Crippen LogP contribution in [0.15, 0.2) is 0 Å². The predicted octanol–water partition coefficient (Wildman–Crippen LogP) is -0.404. The van der Waals surface area contributed by atoms with Gasteiger partial charge < -0.3 is 20.1 Å². The molecule has 5 heteroatoms. The summed E-state index contributed by atoms with van der Waals surface area (Å²) in [5, 5.41) is 13.2. The fraction of sp³-hybridized carbons (Fsp3) is 0.909. The van der Waals surface area contributed by atoms with Crippen LogP contribution in [0.4, 0.5) is 0 Å². The van der Waals surface area contributed by atoms with Gasteiger partial charge in [-0.15, -0.1) is 0 Å². The summed E-state index contributed by atoms with van der Waals surface area (Å²) in [6.45, 7) is 4.76. The number of hydrogen-bond donors (Lipinski definition) is 2. The first-order valence-corrected chi connectivity index (χ1v) is 5.82. The third kappa shape index (κ3) is 4.08. The standard InChI is InChI=1S/C11H22N2O3/c1-3-16-7-4-10(14)13(2)9-11(15)5-6-12-8-11/h12,15H,3-9H2,1-2H3. The molecule has 1 saturated heterocycles. The lowest BCUT2D eigenvalue weighted by molar-refractivity contribution is -0.133. The van der Waals surface area contributed by atoms with Crippen molar-refractivity contribution < 1.29 is 14.6 Å². The Labute approximate surface area is 96.8 Å². The summed E-state index contributed by atoms with van der Waals surface area (Å²) in [6.07, 6.45) is 1.09. The number of carbonyl (C=O) groups is 1. The molecule has 1 unspecified atom stereocenters. The molecule has 1 fully saturated rings. The largest absolute Gasteiger partial charge is 0.387 e. The molecule has 16 heavy (non-hydrogen) atoms. The number of likely N-dealkylation sites (N-methyl/N-ethyl adjacent to an activating group) is 1. The van der Waals surface area contributed by atoms with Crippen LogP contribution < -0.4 is 5.32 Å². The molecule has 0 aromatic heterocycles. The Hall–Kier alpha value is -0.650. The molecule has 1 rings (SSSR count). The minimum Gasteiger partial charge on any atom is -0.387 e. The van der Waals surface area contributed by atoms with Crippen molar-refractivity contribution in [1.29, 1.82) is 0 Å². The minimum absolute atomic E-state index is 0.0220. The number of amides is 1. The molecular formula is C11H22N2O3. The van der Waals surface area contributed by atoms with Crippen LogP contribution in [-0.2, 0) is 9.53 Å². The second kappa shape index (κ2) is 6.18. The molecule has 0 saturated carbocycles. The zero-order valence-electron chi connectivity index (χ0n) is 10.2. The van der Waals surface area contributed by atoms with Crippen LogP contribution in [0.5, 0.6) is 0 Å². The highest BCUT2D eigenvalue weighted by Gasteiger charge is 2.33. The van der Waals surface area contributed by atoms with Crippen molar-refractivity contribution in [1.82, 2.24) is 10.2 Å². The fourth-order valence-electron chi connectivity index (χ4n) is 1.89. The number of hydrogen-bond acceptors (Lipinski definition) is 4. The third-order valence-electron chi connectivity index (χ3n) is 2.84. The minimum atomic E-state index is -0.754. The summed E-state index contributed by atoms with van der Waals surface area (Å²) in [4.78, 5) is 13.3. The Morgan fingerprint density at radius 3 is 2.94 bits per heavy atom. The van der Waals surface area contributed by atoms with E-state index in [1.54, 1.807) is 11.9 Å². The van der Waals surface area contributed by atoms with Crippen LogP contribution in [-0.4, -0.2) is 61.4 Å². The molecular weight excluding hydrogens is 208 g/mol. The van der Waals surface area contributed by atoms with Crippen LogP contribution in [0.25, 0.3) is 0 Å². The summed E-state index contributed by atoms with van der Waals surface area (Å²) < 4.78 is 5.13. The van der Waals surface area contributed by atoms with E-state index in [1.807, 2.05) is 6.92 Å². The Bertz CT molecular complexity index is 227. The number of nitrogens with one attached hydrogen (secondary N) is 1. The first kappa shape index (κ1) is 13.4. The Morgan fingerprint density at radius 2 is 2.38 bits per heavy atom. The van der Waals surface area contributed by atoms with Crippen molar-refractivity contribution in [2.45, 2.75) is 25.4 Å². The highest BCUT2D eigenvalue weighted by Crippen LogP contribution is 2.15. The molecule has 94 valence electrons. The van der Waals surface area contributed by atoms with E-state index in [4.69, 9.17) is 4.74 Å². The smallest absolute Gasteiger partial charge is 0.224 e. The lowest BCUT2D eigenvalue weighted by Crippen LogP contribution is -2.45. The monoisotopic (exact) mass is 230 g/mol. The lowest BCUT2D eigenvalue weighted by Gasteiger charge is -2.28. The maximum Gasteiger partial charge on any atom is 0.224 e. The first-order valence-electron chi connectivity index (χ1n) is 5.82. The van der Waals surface area contributed by atoms with Crippen molar-refractivity contribution in [3.63, 3.8) is 0 Å². The van der Waals surface area contributed by atoms with Crippen molar-refractivity contribution in [2.24, 2.45) is 0 Å². The average molecular weight is 230 g/mol. The summed E-state index contributed by atoms with van der Waals surface area (Å²) in [5.41, 5.74) is -0.754. The molecule has 0 radical (unpaired) electrons. The van der Waals surface area contributed by atoms with Gasteiger partial charge in [0.25, 0.3) is 0 Å². The highest BCUT2D eigenvalue weighted by molar-refractivity contribution is 5.76. The zero-order valence-corrected chi connectivity index (χ0v) is 10.2. The van der Waals surface area contributed by atoms with E-state index in [1.165, 1.54) is 0 Å². The molecule has 2 N–H and O–H groups in total. The molecule has 1 aliphatic rings. The number of rotatable bonds is 6. The maximum atomic E-state index is 11.7.